The quantitative estimate of drug-likeness (QED) is 0.400. The first kappa shape index (κ1) is 21.0. The van der Waals surface area contributed by atoms with Gasteiger partial charge in [-0.15, -0.1) is 0 Å². The zero-order chi connectivity index (χ0) is 21.7. The van der Waals surface area contributed by atoms with Gasteiger partial charge in [0, 0.05) is 0 Å². The number of oxazole rings is 1. The minimum atomic E-state index is -3.76. The molecule has 1 heterocycles. The Balaban J connectivity index is 1.57. The number of carbonyl (C=O) groups is 1. The van der Waals surface area contributed by atoms with Crippen LogP contribution in [0.25, 0.3) is 11.1 Å². The lowest BCUT2D eigenvalue weighted by molar-refractivity contribution is 0.0917. The molecule has 1 aromatic heterocycles. The Kier molecular flexibility index (Phi) is 6.25. The first-order valence-corrected chi connectivity index (χ1v) is 11.6. The molecule has 158 valence electrons. The van der Waals surface area contributed by atoms with Crippen molar-refractivity contribution in [1.29, 1.82) is 0 Å². The Bertz CT molecular complexity index is 1240. The molecule has 1 N–H and O–H groups in total. The number of nitrogens with zero attached hydrogens (tertiary/aromatic N) is 1. The molecular weight excluding hydrogens is 412 g/mol. The number of hydrogen-bond donors (Lipinski definition) is 1. The van der Waals surface area contributed by atoms with E-state index in [1.54, 1.807) is 48.5 Å². The number of fused-ring (bicyclic) bond motifs is 1. The second-order valence-corrected chi connectivity index (χ2v) is 9.04. The van der Waals surface area contributed by atoms with Crippen LogP contribution in [0.5, 0.6) is 0 Å². The van der Waals surface area contributed by atoms with Crippen molar-refractivity contribution in [1.82, 2.24) is 9.71 Å². The molecule has 3 aromatic carbocycles. The molecule has 6 nitrogen and oxygen atoms in total. The predicted octanol–water partition coefficient (Wildman–Crippen LogP) is 4.13. The third-order valence-electron chi connectivity index (χ3n) is 4.91. The molecule has 31 heavy (non-hydrogen) atoms. The molecular formula is C24H22N2O4S. The van der Waals surface area contributed by atoms with Crippen molar-refractivity contribution in [3.05, 3.63) is 102 Å². The minimum Gasteiger partial charge on any atom is -0.434 e. The fourth-order valence-electron chi connectivity index (χ4n) is 3.38. The zero-order valence-electron chi connectivity index (χ0n) is 16.8. The Morgan fingerprint density at radius 3 is 2.16 bits per heavy atom. The molecule has 0 unspecified atom stereocenters. The molecule has 0 saturated heterocycles. The molecule has 0 aliphatic heterocycles. The van der Waals surface area contributed by atoms with Crippen molar-refractivity contribution in [2.45, 2.75) is 24.6 Å². The van der Waals surface area contributed by atoms with E-state index in [2.05, 4.69) is 9.71 Å². The van der Waals surface area contributed by atoms with Gasteiger partial charge in [-0.3, -0.25) is 4.79 Å². The summed E-state index contributed by atoms with van der Waals surface area (Å²) in [6.45, 7) is 0. The fourth-order valence-corrected chi connectivity index (χ4v) is 4.75. The van der Waals surface area contributed by atoms with E-state index in [0.29, 0.717) is 23.1 Å². The average molecular weight is 435 g/mol. The van der Waals surface area contributed by atoms with E-state index >= 15 is 0 Å². The number of carbonyl (C=O) groups excluding carboxylic acids is 1. The van der Waals surface area contributed by atoms with Gasteiger partial charge in [0.15, 0.2) is 5.58 Å². The van der Waals surface area contributed by atoms with Gasteiger partial charge in [-0.05, 0) is 36.1 Å². The number of rotatable bonds is 9. The van der Waals surface area contributed by atoms with Gasteiger partial charge in [-0.1, -0.05) is 72.8 Å². The summed E-state index contributed by atoms with van der Waals surface area (Å²) in [5, 5.41) is 0. The van der Waals surface area contributed by atoms with Crippen LogP contribution in [0.1, 0.15) is 28.2 Å². The first-order valence-electron chi connectivity index (χ1n) is 9.98. The largest absolute Gasteiger partial charge is 0.434 e. The van der Waals surface area contributed by atoms with E-state index in [0.717, 1.165) is 5.56 Å². The smallest absolute Gasteiger partial charge is 0.266 e. The summed E-state index contributed by atoms with van der Waals surface area (Å²) in [6.07, 6.45) is 0.820. The molecule has 4 aromatic rings. The number of ketones is 1. The van der Waals surface area contributed by atoms with Crippen LogP contribution in [0.15, 0.2) is 89.3 Å². The maximum Gasteiger partial charge on any atom is 0.266 e. The van der Waals surface area contributed by atoms with E-state index < -0.39 is 21.8 Å². The highest BCUT2D eigenvalue weighted by Crippen LogP contribution is 2.18. The number of benzene rings is 3. The van der Waals surface area contributed by atoms with Crippen molar-refractivity contribution < 1.29 is 17.6 Å². The number of sulfonamides is 1. The van der Waals surface area contributed by atoms with Crippen LogP contribution in [-0.2, 0) is 22.2 Å². The van der Waals surface area contributed by atoms with E-state index in [9.17, 15) is 13.2 Å². The van der Waals surface area contributed by atoms with Crippen LogP contribution in [0.4, 0.5) is 0 Å². The maximum atomic E-state index is 13.2. The third-order valence-corrected chi connectivity index (χ3v) is 6.26. The lowest BCUT2D eigenvalue weighted by Gasteiger charge is -2.16. The standard InChI is InChI=1S/C24H22N2O4S/c27-23(24-25-20-13-7-8-14-22(20)30-24)21(16-15-18-9-3-1-4-10-18)26-31(28,29)17-19-11-5-2-6-12-19/h1-14,21,26H,15-17H2/t21-/m0/s1. The summed E-state index contributed by atoms with van der Waals surface area (Å²) in [7, 11) is -3.76. The van der Waals surface area contributed by atoms with Crippen molar-refractivity contribution in [2.24, 2.45) is 0 Å². The highest BCUT2D eigenvalue weighted by atomic mass is 32.2. The highest BCUT2D eigenvalue weighted by molar-refractivity contribution is 7.88. The Labute approximate surface area is 181 Å². The van der Waals surface area contributed by atoms with Crippen LogP contribution in [0.2, 0.25) is 0 Å². The van der Waals surface area contributed by atoms with Crippen molar-refractivity contribution in [2.75, 3.05) is 0 Å². The number of aryl methyl sites for hydroxylation is 1. The zero-order valence-corrected chi connectivity index (χ0v) is 17.6. The molecule has 0 spiro atoms. The van der Waals surface area contributed by atoms with Crippen LogP contribution < -0.4 is 4.72 Å². The molecule has 4 rings (SSSR count). The fraction of sp³-hybridized carbons (Fsp3) is 0.167. The molecule has 0 bridgehead atoms. The Hall–Kier alpha value is -3.29. The van der Waals surface area contributed by atoms with Gasteiger partial charge in [0.1, 0.15) is 5.52 Å². The van der Waals surface area contributed by atoms with Crippen molar-refractivity contribution in [3.63, 3.8) is 0 Å². The lowest BCUT2D eigenvalue weighted by atomic mass is 10.0. The molecule has 7 heteroatoms. The van der Waals surface area contributed by atoms with E-state index in [1.807, 2.05) is 36.4 Å². The summed E-state index contributed by atoms with van der Waals surface area (Å²) >= 11 is 0. The average Bonchev–Trinajstić information content (AvgIpc) is 3.21. The summed E-state index contributed by atoms with van der Waals surface area (Å²) < 4.78 is 33.8. The Morgan fingerprint density at radius 2 is 1.48 bits per heavy atom. The number of Topliss-reactive ketones (excluding diaryl/α,β-unsaturated/α-hetero) is 1. The van der Waals surface area contributed by atoms with E-state index in [4.69, 9.17) is 4.42 Å². The maximum absolute atomic E-state index is 13.2. The second kappa shape index (κ2) is 9.24. The molecule has 0 aliphatic rings. The summed E-state index contributed by atoms with van der Waals surface area (Å²) in [5.74, 6) is -0.790. The monoisotopic (exact) mass is 434 g/mol. The van der Waals surface area contributed by atoms with Gasteiger partial charge in [-0.25, -0.2) is 18.1 Å². The highest BCUT2D eigenvalue weighted by Gasteiger charge is 2.29. The van der Waals surface area contributed by atoms with Crippen molar-refractivity contribution in [3.8, 4) is 0 Å². The predicted molar refractivity (Wildman–Crippen MR) is 119 cm³/mol. The van der Waals surface area contributed by atoms with Gasteiger partial charge < -0.3 is 4.42 Å². The molecule has 0 amide bonds. The molecule has 0 radical (unpaired) electrons. The van der Waals surface area contributed by atoms with Gasteiger partial charge in [0.2, 0.25) is 15.8 Å². The summed E-state index contributed by atoms with van der Waals surface area (Å²) in [6, 6.07) is 24.5. The Morgan fingerprint density at radius 1 is 0.871 bits per heavy atom. The molecule has 0 fully saturated rings. The van der Waals surface area contributed by atoms with Crippen LogP contribution >= 0.6 is 0 Å². The first-order chi connectivity index (χ1) is 15.0. The van der Waals surface area contributed by atoms with Gasteiger partial charge >= 0.3 is 0 Å². The number of hydrogen-bond acceptors (Lipinski definition) is 5. The molecule has 0 aliphatic carbocycles. The summed E-state index contributed by atoms with van der Waals surface area (Å²) in [4.78, 5) is 17.4. The lowest BCUT2D eigenvalue weighted by Crippen LogP contribution is -2.41. The normalized spacial score (nSPS) is 12.6. The van der Waals surface area contributed by atoms with Gasteiger partial charge in [0.25, 0.3) is 5.89 Å². The second-order valence-electron chi connectivity index (χ2n) is 7.29. The van der Waals surface area contributed by atoms with E-state index in [1.165, 1.54) is 0 Å². The molecule has 0 saturated carbocycles. The molecule has 1 atom stereocenters. The topological polar surface area (TPSA) is 89.3 Å². The SMILES string of the molecule is O=C(c1nc2ccccc2o1)[C@H](CCc1ccccc1)NS(=O)(=O)Cc1ccccc1. The van der Waals surface area contributed by atoms with Gasteiger partial charge in [0.05, 0.1) is 11.8 Å². The third kappa shape index (κ3) is 5.45. The number of nitrogens with one attached hydrogen (secondary N) is 1. The van der Waals surface area contributed by atoms with Crippen LogP contribution in [0, 0.1) is 0 Å². The van der Waals surface area contributed by atoms with E-state index in [-0.39, 0.29) is 18.1 Å². The van der Waals surface area contributed by atoms with Crippen molar-refractivity contribution >= 4 is 26.9 Å². The minimum absolute atomic E-state index is 0.0957. The van der Waals surface area contributed by atoms with Gasteiger partial charge in [-0.2, -0.15) is 0 Å². The van der Waals surface area contributed by atoms with Crippen LogP contribution in [0.3, 0.4) is 0 Å². The number of para-hydroxylation sites is 2. The summed E-state index contributed by atoms with van der Waals surface area (Å²) in [5.41, 5.74) is 2.70. The number of aromatic nitrogens is 1. The van der Waals surface area contributed by atoms with Crippen LogP contribution in [-0.4, -0.2) is 25.2 Å².